The molecule has 2 heterocycles. The van der Waals surface area contributed by atoms with Crippen molar-refractivity contribution in [2.75, 3.05) is 6.54 Å². The lowest BCUT2D eigenvalue weighted by molar-refractivity contribution is 0.0105. The van der Waals surface area contributed by atoms with Crippen molar-refractivity contribution < 1.29 is 4.79 Å². The SMILES string of the molecule is C[C@]12CC[C@@H]3C[C@H]1CN(C(=O)c1n[nH]c4ccccc14)[C@H]2C3. The summed E-state index contributed by atoms with van der Waals surface area (Å²) in [5, 5.41) is 8.27. The molecule has 1 N–H and O–H groups in total. The van der Waals surface area contributed by atoms with Crippen molar-refractivity contribution in [1.82, 2.24) is 15.1 Å². The van der Waals surface area contributed by atoms with Crippen LogP contribution in [0.15, 0.2) is 24.3 Å². The lowest BCUT2D eigenvalue weighted by Crippen LogP contribution is -2.49. The number of aromatic nitrogens is 2. The summed E-state index contributed by atoms with van der Waals surface area (Å²) in [6.07, 6.45) is 5.16. The van der Waals surface area contributed by atoms with Crippen molar-refractivity contribution >= 4 is 16.8 Å². The second-order valence-corrected chi connectivity index (χ2v) is 7.67. The van der Waals surface area contributed by atoms with Gasteiger partial charge in [-0.25, -0.2) is 0 Å². The number of likely N-dealkylation sites (tertiary alicyclic amines) is 1. The van der Waals surface area contributed by atoms with Gasteiger partial charge >= 0.3 is 0 Å². The number of rotatable bonds is 1. The summed E-state index contributed by atoms with van der Waals surface area (Å²) in [5.41, 5.74) is 1.89. The summed E-state index contributed by atoms with van der Waals surface area (Å²) >= 11 is 0. The van der Waals surface area contributed by atoms with Gasteiger partial charge in [0.05, 0.1) is 5.52 Å². The van der Waals surface area contributed by atoms with Crippen LogP contribution in [0.2, 0.25) is 0 Å². The molecule has 4 aliphatic rings. The van der Waals surface area contributed by atoms with Gasteiger partial charge in [0.1, 0.15) is 0 Å². The quantitative estimate of drug-likeness (QED) is 0.878. The molecule has 114 valence electrons. The number of carbonyl (C=O) groups is 1. The van der Waals surface area contributed by atoms with Gasteiger partial charge in [-0.3, -0.25) is 9.89 Å². The van der Waals surface area contributed by atoms with Gasteiger partial charge < -0.3 is 4.90 Å². The number of aromatic amines is 1. The van der Waals surface area contributed by atoms with Crippen LogP contribution in [-0.2, 0) is 0 Å². The summed E-state index contributed by atoms with van der Waals surface area (Å²) in [5.74, 6) is 1.66. The first kappa shape index (κ1) is 12.7. The fourth-order valence-electron chi connectivity index (χ4n) is 5.36. The van der Waals surface area contributed by atoms with E-state index in [4.69, 9.17) is 0 Å². The Bertz CT molecular complexity index is 767. The number of benzene rings is 1. The highest BCUT2D eigenvalue weighted by molar-refractivity contribution is 6.04. The molecule has 0 spiro atoms. The standard InChI is InChI=1S/C18H21N3O/c1-18-7-6-11-8-12(18)10-21(15(18)9-11)17(22)16-13-4-2-3-5-14(13)19-20-16/h2-5,11-12,15H,6-10H2,1H3,(H,19,20)/t11-,12+,15+,18+/m1/s1. The van der Waals surface area contributed by atoms with Crippen LogP contribution in [-0.4, -0.2) is 33.6 Å². The van der Waals surface area contributed by atoms with Gasteiger partial charge in [-0.15, -0.1) is 0 Å². The summed E-state index contributed by atoms with van der Waals surface area (Å²) in [6, 6.07) is 8.33. The molecule has 4 heteroatoms. The molecule has 1 aliphatic heterocycles. The fraction of sp³-hybridized carbons (Fsp3) is 0.556. The van der Waals surface area contributed by atoms with Gasteiger partial charge in [0.15, 0.2) is 5.69 Å². The molecule has 22 heavy (non-hydrogen) atoms. The number of nitrogens with zero attached hydrogens (tertiary/aromatic N) is 2. The molecule has 3 aliphatic carbocycles. The van der Waals surface area contributed by atoms with E-state index in [1.165, 1.54) is 25.7 Å². The number of hydrogen-bond acceptors (Lipinski definition) is 2. The zero-order chi connectivity index (χ0) is 14.9. The minimum atomic E-state index is 0.124. The number of fused-ring (bicyclic) bond motifs is 2. The van der Waals surface area contributed by atoms with Gasteiger partial charge in [-0.05, 0) is 49.0 Å². The molecule has 6 rings (SSSR count). The first-order chi connectivity index (χ1) is 10.7. The van der Waals surface area contributed by atoms with E-state index < -0.39 is 0 Å². The second kappa shape index (κ2) is 4.12. The van der Waals surface area contributed by atoms with Gasteiger partial charge in [0, 0.05) is 18.0 Å². The van der Waals surface area contributed by atoms with Crippen LogP contribution >= 0.6 is 0 Å². The zero-order valence-corrected chi connectivity index (χ0v) is 12.9. The molecule has 4 nitrogen and oxygen atoms in total. The first-order valence-electron chi connectivity index (χ1n) is 8.41. The third kappa shape index (κ3) is 1.48. The predicted molar refractivity (Wildman–Crippen MR) is 84.5 cm³/mol. The minimum absolute atomic E-state index is 0.124. The molecule has 4 bridgehead atoms. The zero-order valence-electron chi connectivity index (χ0n) is 12.9. The summed E-state index contributed by atoms with van der Waals surface area (Å²) < 4.78 is 0. The van der Waals surface area contributed by atoms with Crippen molar-refractivity contribution in [3.8, 4) is 0 Å². The molecule has 4 fully saturated rings. The van der Waals surface area contributed by atoms with E-state index in [0.717, 1.165) is 23.4 Å². The van der Waals surface area contributed by atoms with Crippen molar-refractivity contribution in [3.63, 3.8) is 0 Å². The van der Waals surface area contributed by atoms with Crippen LogP contribution in [0.25, 0.3) is 10.9 Å². The van der Waals surface area contributed by atoms with Gasteiger partial charge in [-0.2, -0.15) is 5.10 Å². The van der Waals surface area contributed by atoms with E-state index in [1.807, 2.05) is 24.3 Å². The topological polar surface area (TPSA) is 49.0 Å². The van der Waals surface area contributed by atoms with Crippen molar-refractivity contribution in [2.24, 2.45) is 17.3 Å². The number of hydrogen-bond donors (Lipinski definition) is 1. The molecule has 1 aromatic heterocycles. The number of amides is 1. The molecule has 2 aromatic rings. The Hall–Kier alpha value is -1.84. The average Bonchev–Trinajstić information content (AvgIpc) is 3.02. The summed E-state index contributed by atoms with van der Waals surface area (Å²) in [4.78, 5) is 15.3. The largest absolute Gasteiger partial charge is 0.333 e. The monoisotopic (exact) mass is 295 g/mol. The van der Waals surface area contributed by atoms with Crippen LogP contribution in [0.4, 0.5) is 0 Å². The maximum absolute atomic E-state index is 13.1. The molecular formula is C18H21N3O. The molecule has 1 aromatic carbocycles. The Balaban J connectivity index is 1.54. The normalized spacial score (nSPS) is 36.2. The van der Waals surface area contributed by atoms with E-state index in [1.54, 1.807) is 0 Å². The number of nitrogens with one attached hydrogen (secondary N) is 1. The average molecular weight is 295 g/mol. The predicted octanol–water partition coefficient (Wildman–Crippen LogP) is 3.21. The molecule has 4 atom stereocenters. The highest BCUT2D eigenvalue weighted by atomic mass is 16.2. The highest BCUT2D eigenvalue weighted by Gasteiger charge is 2.59. The Morgan fingerprint density at radius 2 is 2.23 bits per heavy atom. The molecule has 3 saturated carbocycles. The fourth-order valence-corrected chi connectivity index (χ4v) is 5.36. The lowest BCUT2D eigenvalue weighted by atomic mass is 9.56. The van der Waals surface area contributed by atoms with Crippen LogP contribution in [0.5, 0.6) is 0 Å². The van der Waals surface area contributed by atoms with Crippen molar-refractivity contribution in [1.29, 1.82) is 0 Å². The van der Waals surface area contributed by atoms with Crippen molar-refractivity contribution in [3.05, 3.63) is 30.0 Å². The molecule has 1 amide bonds. The van der Waals surface area contributed by atoms with Gasteiger partial charge in [-0.1, -0.05) is 25.1 Å². The van der Waals surface area contributed by atoms with Crippen LogP contribution in [0.3, 0.4) is 0 Å². The maximum atomic E-state index is 13.1. The first-order valence-corrected chi connectivity index (χ1v) is 8.41. The third-order valence-corrected chi connectivity index (χ3v) is 6.69. The number of para-hydroxylation sites is 1. The van der Waals surface area contributed by atoms with Crippen LogP contribution in [0.1, 0.15) is 43.1 Å². The van der Waals surface area contributed by atoms with E-state index >= 15 is 0 Å². The van der Waals surface area contributed by atoms with E-state index in [0.29, 0.717) is 23.1 Å². The van der Waals surface area contributed by atoms with E-state index in [-0.39, 0.29) is 5.91 Å². The molecule has 1 saturated heterocycles. The van der Waals surface area contributed by atoms with Gasteiger partial charge in [0.2, 0.25) is 0 Å². The van der Waals surface area contributed by atoms with Crippen LogP contribution in [0, 0.1) is 17.3 Å². The third-order valence-electron chi connectivity index (χ3n) is 6.69. The smallest absolute Gasteiger partial charge is 0.275 e. The summed E-state index contributed by atoms with van der Waals surface area (Å²) in [6.45, 7) is 3.34. The Morgan fingerprint density at radius 1 is 1.36 bits per heavy atom. The second-order valence-electron chi connectivity index (χ2n) is 7.67. The Labute approximate surface area is 129 Å². The highest BCUT2D eigenvalue weighted by Crippen LogP contribution is 2.59. The molecular weight excluding hydrogens is 274 g/mol. The maximum Gasteiger partial charge on any atom is 0.275 e. The molecule has 0 radical (unpaired) electrons. The number of H-pyrrole nitrogens is 1. The summed E-state index contributed by atoms with van der Waals surface area (Å²) in [7, 11) is 0. The Morgan fingerprint density at radius 3 is 3.09 bits per heavy atom. The number of carbonyl (C=O) groups excluding carboxylic acids is 1. The lowest BCUT2D eigenvalue weighted by Gasteiger charge is -2.50. The Kier molecular flexibility index (Phi) is 2.37. The van der Waals surface area contributed by atoms with Crippen LogP contribution < -0.4 is 0 Å². The van der Waals surface area contributed by atoms with E-state index in [2.05, 4.69) is 22.0 Å². The van der Waals surface area contributed by atoms with E-state index in [9.17, 15) is 4.79 Å². The van der Waals surface area contributed by atoms with Crippen molar-refractivity contribution in [2.45, 2.75) is 38.6 Å². The molecule has 0 unspecified atom stereocenters. The minimum Gasteiger partial charge on any atom is -0.333 e. The van der Waals surface area contributed by atoms with Gasteiger partial charge in [0.25, 0.3) is 5.91 Å².